The Morgan fingerprint density at radius 3 is 3.00 bits per heavy atom. The van der Waals surface area contributed by atoms with Crippen molar-refractivity contribution in [2.24, 2.45) is 0 Å². The third-order valence-electron chi connectivity index (χ3n) is 1.90. The van der Waals surface area contributed by atoms with Crippen LogP contribution < -0.4 is 15.8 Å². The van der Waals surface area contributed by atoms with E-state index in [1.165, 1.54) is 0 Å². The minimum atomic E-state index is 0.163. The molecule has 0 saturated carbocycles. The summed E-state index contributed by atoms with van der Waals surface area (Å²) in [5, 5.41) is 3.15. The smallest absolute Gasteiger partial charge is 0.239 e. The number of anilines is 2. The Morgan fingerprint density at radius 2 is 2.40 bits per heavy atom. The van der Waals surface area contributed by atoms with E-state index in [-0.39, 0.29) is 6.04 Å². The first kappa shape index (κ1) is 11.4. The predicted octanol–water partition coefficient (Wildman–Crippen LogP) is 2.05. The molecular formula is C11H17N3O. The van der Waals surface area contributed by atoms with Crippen LogP contribution in [0.25, 0.3) is 0 Å². The fourth-order valence-corrected chi connectivity index (χ4v) is 1.08. The molecule has 82 valence electrons. The van der Waals surface area contributed by atoms with Gasteiger partial charge in [-0.3, -0.25) is 0 Å². The highest BCUT2D eigenvalue weighted by atomic mass is 16.5. The number of pyridine rings is 1. The third-order valence-corrected chi connectivity index (χ3v) is 1.90. The summed E-state index contributed by atoms with van der Waals surface area (Å²) in [7, 11) is 0. The van der Waals surface area contributed by atoms with Crippen molar-refractivity contribution in [1.82, 2.24) is 4.98 Å². The molecule has 4 heteroatoms. The van der Waals surface area contributed by atoms with Crippen molar-refractivity contribution in [3.05, 3.63) is 24.8 Å². The molecule has 1 rings (SSSR count). The second kappa shape index (κ2) is 5.24. The van der Waals surface area contributed by atoms with Crippen LogP contribution in [0.2, 0.25) is 0 Å². The highest BCUT2D eigenvalue weighted by Crippen LogP contribution is 2.21. The molecule has 1 unspecified atom stereocenters. The average molecular weight is 207 g/mol. The molecule has 1 atom stereocenters. The zero-order chi connectivity index (χ0) is 11.3. The summed E-state index contributed by atoms with van der Waals surface area (Å²) in [5.74, 6) is 1.21. The quantitative estimate of drug-likeness (QED) is 0.725. The van der Waals surface area contributed by atoms with Crippen LogP contribution in [0.15, 0.2) is 24.8 Å². The van der Waals surface area contributed by atoms with Crippen LogP contribution in [0.4, 0.5) is 11.5 Å². The van der Waals surface area contributed by atoms with Gasteiger partial charge in [-0.25, -0.2) is 0 Å². The molecule has 0 aliphatic heterocycles. The Balaban J connectivity index is 2.82. The Hall–Kier alpha value is -1.71. The lowest BCUT2D eigenvalue weighted by atomic mass is 10.3. The first-order valence-electron chi connectivity index (χ1n) is 4.95. The van der Waals surface area contributed by atoms with E-state index in [9.17, 15) is 0 Å². The predicted molar refractivity (Wildman–Crippen MR) is 63.1 cm³/mol. The van der Waals surface area contributed by atoms with Crippen LogP contribution in [0.1, 0.15) is 13.8 Å². The summed E-state index contributed by atoms with van der Waals surface area (Å²) in [4.78, 5) is 4.24. The molecule has 0 fully saturated rings. The van der Waals surface area contributed by atoms with E-state index >= 15 is 0 Å². The Labute approximate surface area is 90.2 Å². The topological polar surface area (TPSA) is 60.2 Å². The van der Waals surface area contributed by atoms with Gasteiger partial charge in [0.15, 0.2) is 0 Å². The lowest BCUT2D eigenvalue weighted by Crippen LogP contribution is -2.13. The fourth-order valence-electron chi connectivity index (χ4n) is 1.08. The molecule has 1 heterocycles. The Morgan fingerprint density at radius 1 is 1.67 bits per heavy atom. The molecule has 1 aromatic heterocycles. The first-order valence-corrected chi connectivity index (χ1v) is 4.95. The summed E-state index contributed by atoms with van der Waals surface area (Å²) in [6.45, 7) is 8.13. The van der Waals surface area contributed by atoms with Crippen LogP contribution in [0.5, 0.6) is 5.88 Å². The van der Waals surface area contributed by atoms with Crippen LogP contribution in [0, 0.1) is 0 Å². The highest BCUT2D eigenvalue weighted by molar-refractivity contribution is 5.54. The van der Waals surface area contributed by atoms with E-state index in [0.717, 1.165) is 5.82 Å². The van der Waals surface area contributed by atoms with Gasteiger partial charge in [0.25, 0.3) is 0 Å². The maximum Gasteiger partial charge on any atom is 0.239 e. The Kier molecular flexibility index (Phi) is 3.97. The SMILES string of the molecule is C=CC(C)Nc1ccc(N)c(OCC)n1. The maximum absolute atomic E-state index is 5.70. The van der Waals surface area contributed by atoms with Crippen molar-refractivity contribution < 1.29 is 4.74 Å². The molecular weight excluding hydrogens is 190 g/mol. The number of nitrogens with one attached hydrogen (secondary N) is 1. The number of aromatic nitrogens is 1. The number of rotatable bonds is 5. The standard InChI is InChI=1S/C11H17N3O/c1-4-8(3)13-10-7-6-9(12)11(14-10)15-5-2/h4,6-8H,1,5,12H2,2-3H3,(H,13,14). The van der Waals surface area contributed by atoms with Gasteiger partial charge in [-0.2, -0.15) is 4.98 Å². The van der Waals surface area contributed by atoms with E-state index < -0.39 is 0 Å². The first-order chi connectivity index (χ1) is 7.17. The summed E-state index contributed by atoms with van der Waals surface area (Å²) >= 11 is 0. The molecule has 1 aromatic rings. The van der Waals surface area contributed by atoms with Crippen molar-refractivity contribution >= 4 is 11.5 Å². The van der Waals surface area contributed by atoms with Crippen LogP contribution in [0.3, 0.4) is 0 Å². The fraction of sp³-hybridized carbons (Fsp3) is 0.364. The summed E-state index contributed by atoms with van der Waals surface area (Å²) < 4.78 is 5.29. The van der Waals surface area contributed by atoms with Crippen molar-refractivity contribution in [2.75, 3.05) is 17.7 Å². The van der Waals surface area contributed by atoms with Crippen LogP contribution >= 0.6 is 0 Å². The van der Waals surface area contributed by atoms with Crippen molar-refractivity contribution in [2.45, 2.75) is 19.9 Å². The molecule has 0 aliphatic rings. The van der Waals surface area contributed by atoms with Gasteiger partial charge in [-0.1, -0.05) is 6.08 Å². The van der Waals surface area contributed by atoms with Gasteiger partial charge in [-0.05, 0) is 26.0 Å². The van der Waals surface area contributed by atoms with Gasteiger partial charge in [0, 0.05) is 6.04 Å². The van der Waals surface area contributed by atoms with E-state index in [0.29, 0.717) is 18.2 Å². The van der Waals surface area contributed by atoms with E-state index in [2.05, 4.69) is 16.9 Å². The molecule has 0 radical (unpaired) electrons. The number of hydrogen-bond acceptors (Lipinski definition) is 4. The second-order valence-electron chi connectivity index (χ2n) is 3.19. The van der Waals surface area contributed by atoms with Gasteiger partial charge in [0.1, 0.15) is 5.82 Å². The van der Waals surface area contributed by atoms with Gasteiger partial charge < -0.3 is 15.8 Å². The summed E-state index contributed by atoms with van der Waals surface area (Å²) in [5.41, 5.74) is 6.25. The molecule has 0 amide bonds. The number of nitrogens with two attached hydrogens (primary N) is 1. The molecule has 0 aliphatic carbocycles. The molecule has 0 aromatic carbocycles. The highest BCUT2D eigenvalue weighted by Gasteiger charge is 2.04. The second-order valence-corrected chi connectivity index (χ2v) is 3.19. The normalized spacial score (nSPS) is 11.9. The van der Waals surface area contributed by atoms with Crippen LogP contribution in [-0.2, 0) is 0 Å². The number of nitrogen functional groups attached to an aromatic ring is 1. The van der Waals surface area contributed by atoms with Gasteiger partial charge in [0.05, 0.1) is 12.3 Å². The summed E-state index contributed by atoms with van der Waals surface area (Å²) in [6, 6.07) is 3.75. The molecule has 0 bridgehead atoms. The maximum atomic E-state index is 5.70. The third kappa shape index (κ3) is 3.16. The minimum Gasteiger partial charge on any atom is -0.476 e. The lowest BCUT2D eigenvalue weighted by molar-refractivity contribution is 0.329. The van der Waals surface area contributed by atoms with Crippen molar-refractivity contribution in [3.63, 3.8) is 0 Å². The van der Waals surface area contributed by atoms with Crippen molar-refractivity contribution in [3.8, 4) is 5.88 Å². The molecule has 15 heavy (non-hydrogen) atoms. The van der Waals surface area contributed by atoms with Crippen LogP contribution in [-0.4, -0.2) is 17.6 Å². The molecule has 3 N–H and O–H groups in total. The van der Waals surface area contributed by atoms with E-state index in [1.807, 2.05) is 19.9 Å². The number of ether oxygens (including phenoxy) is 1. The monoisotopic (exact) mass is 207 g/mol. The lowest BCUT2D eigenvalue weighted by Gasteiger charge is -2.12. The zero-order valence-electron chi connectivity index (χ0n) is 9.16. The number of nitrogens with zero attached hydrogens (tertiary/aromatic N) is 1. The minimum absolute atomic E-state index is 0.163. The zero-order valence-corrected chi connectivity index (χ0v) is 9.16. The molecule has 4 nitrogen and oxygen atoms in total. The van der Waals surface area contributed by atoms with Crippen molar-refractivity contribution in [1.29, 1.82) is 0 Å². The average Bonchev–Trinajstić information content (AvgIpc) is 2.23. The summed E-state index contributed by atoms with van der Waals surface area (Å²) in [6.07, 6.45) is 1.80. The Bertz CT molecular complexity index is 339. The van der Waals surface area contributed by atoms with Gasteiger partial charge >= 0.3 is 0 Å². The van der Waals surface area contributed by atoms with Gasteiger partial charge in [0.2, 0.25) is 5.88 Å². The van der Waals surface area contributed by atoms with E-state index in [4.69, 9.17) is 10.5 Å². The van der Waals surface area contributed by atoms with E-state index in [1.54, 1.807) is 12.1 Å². The number of hydrogen-bond donors (Lipinski definition) is 2. The largest absolute Gasteiger partial charge is 0.476 e. The van der Waals surface area contributed by atoms with Gasteiger partial charge in [-0.15, -0.1) is 6.58 Å². The molecule has 0 saturated heterocycles. The molecule has 0 spiro atoms.